The van der Waals surface area contributed by atoms with E-state index in [0.29, 0.717) is 24.0 Å². The van der Waals surface area contributed by atoms with Crippen LogP contribution in [0.4, 0.5) is 5.13 Å². The molecule has 2 aromatic heterocycles. The molecule has 146 valence electrons. The predicted octanol–water partition coefficient (Wildman–Crippen LogP) is 3.06. The molecule has 0 unspecified atom stereocenters. The number of anilines is 1. The fourth-order valence-electron chi connectivity index (χ4n) is 2.61. The van der Waals surface area contributed by atoms with Crippen molar-refractivity contribution in [1.29, 1.82) is 0 Å². The van der Waals surface area contributed by atoms with Crippen LogP contribution in [0.3, 0.4) is 0 Å². The van der Waals surface area contributed by atoms with E-state index in [-0.39, 0.29) is 18.3 Å². The molecule has 1 aromatic carbocycles. The molecule has 0 aliphatic heterocycles. The van der Waals surface area contributed by atoms with Gasteiger partial charge in [0.15, 0.2) is 5.13 Å². The number of nitrogens with zero attached hydrogens (tertiary/aromatic N) is 5. The third-order valence-corrected chi connectivity index (χ3v) is 5.00. The number of carbonyl (C=O) groups excluding carboxylic acids is 1. The van der Waals surface area contributed by atoms with Gasteiger partial charge in [-0.05, 0) is 39.2 Å². The van der Waals surface area contributed by atoms with Crippen LogP contribution >= 0.6 is 23.7 Å². The minimum absolute atomic E-state index is 0. The second-order valence-corrected chi connectivity index (χ2v) is 7.14. The summed E-state index contributed by atoms with van der Waals surface area (Å²) in [5.74, 6) is 0.636. The zero-order valence-electron chi connectivity index (χ0n) is 15.9. The zero-order chi connectivity index (χ0) is 18.7. The van der Waals surface area contributed by atoms with E-state index in [2.05, 4.69) is 5.10 Å². The van der Waals surface area contributed by atoms with Crippen LogP contribution < -0.4 is 9.64 Å². The quantitative estimate of drug-likeness (QED) is 0.600. The van der Waals surface area contributed by atoms with Crippen LogP contribution in [0, 0.1) is 0 Å². The summed E-state index contributed by atoms with van der Waals surface area (Å²) in [4.78, 5) is 21.6. The van der Waals surface area contributed by atoms with Gasteiger partial charge in [-0.3, -0.25) is 14.4 Å². The summed E-state index contributed by atoms with van der Waals surface area (Å²) in [6.07, 6.45) is 1.63. The van der Waals surface area contributed by atoms with Gasteiger partial charge in [-0.25, -0.2) is 4.98 Å². The number of aryl methyl sites for hydroxylation is 1. The molecule has 0 radical (unpaired) electrons. The summed E-state index contributed by atoms with van der Waals surface area (Å²) in [5, 5.41) is 4.78. The lowest BCUT2D eigenvalue weighted by atomic mass is 10.3. The Morgan fingerprint density at radius 2 is 2.04 bits per heavy atom. The molecular formula is C18H24ClN5O2S. The van der Waals surface area contributed by atoms with Crippen molar-refractivity contribution >= 4 is 45.0 Å². The second-order valence-electron chi connectivity index (χ2n) is 6.13. The largest absolute Gasteiger partial charge is 0.492 e. The van der Waals surface area contributed by atoms with Crippen LogP contribution in [-0.2, 0) is 7.05 Å². The first-order valence-corrected chi connectivity index (χ1v) is 9.30. The summed E-state index contributed by atoms with van der Waals surface area (Å²) in [6, 6.07) is 7.58. The van der Waals surface area contributed by atoms with Crippen molar-refractivity contribution in [3.63, 3.8) is 0 Å². The first-order chi connectivity index (χ1) is 12.5. The first kappa shape index (κ1) is 21.1. The SMILES string of the molecule is CCOc1cccc2sc(N(CCN(C)C)C(=O)c3ccnn3C)nc12.Cl. The average molecular weight is 410 g/mol. The van der Waals surface area contributed by atoms with Crippen molar-refractivity contribution in [2.75, 3.05) is 38.7 Å². The van der Waals surface area contributed by atoms with Crippen LogP contribution in [0.2, 0.25) is 0 Å². The molecule has 2 heterocycles. The molecule has 0 saturated carbocycles. The van der Waals surface area contributed by atoms with Gasteiger partial charge in [0.05, 0.1) is 11.3 Å². The van der Waals surface area contributed by atoms with Crippen molar-refractivity contribution in [1.82, 2.24) is 19.7 Å². The average Bonchev–Trinajstić information content (AvgIpc) is 3.21. The van der Waals surface area contributed by atoms with Gasteiger partial charge in [-0.1, -0.05) is 17.4 Å². The van der Waals surface area contributed by atoms with Gasteiger partial charge in [0.2, 0.25) is 0 Å². The number of ether oxygens (including phenoxy) is 1. The molecule has 27 heavy (non-hydrogen) atoms. The summed E-state index contributed by atoms with van der Waals surface area (Å²) in [7, 11) is 5.74. The molecule has 3 rings (SSSR count). The van der Waals surface area contributed by atoms with Gasteiger partial charge in [-0.2, -0.15) is 5.10 Å². The summed E-state index contributed by atoms with van der Waals surface area (Å²) in [6.45, 7) is 3.80. The number of hydrogen-bond acceptors (Lipinski definition) is 6. The van der Waals surface area contributed by atoms with E-state index in [4.69, 9.17) is 9.72 Å². The number of para-hydroxylation sites is 1. The third kappa shape index (κ3) is 4.58. The fourth-order valence-corrected chi connectivity index (χ4v) is 3.61. The van der Waals surface area contributed by atoms with E-state index >= 15 is 0 Å². The lowest BCUT2D eigenvalue weighted by Crippen LogP contribution is -2.37. The number of hydrogen-bond donors (Lipinski definition) is 0. The highest BCUT2D eigenvalue weighted by molar-refractivity contribution is 7.22. The van der Waals surface area contributed by atoms with Gasteiger partial charge in [0.1, 0.15) is 17.0 Å². The molecule has 0 N–H and O–H groups in total. The number of fused-ring (bicyclic) bond motifs is 1. The number of rotatable bonds is 7. The van der Waals surface area contributed by atoms with Crippen molar-refractivity contribution < 1.29 is 9.53 Å². The molecule has 0 fully saturated rings. The molecule has 7 nitrogen and oxygen atoms in total. The number of thiazole rings is 1. The van der Waals surface area contributed by atoms with E-state index in [1.807, 2.05) is 44.1 Å². The van der Waals surface area contributed by atoms with Gasteiger partial charge >= 0.3 is 0 Å². The molecule has 0 spiro atoms. The highest BCUT2D eigenvalue weighted by atomic mass is 35.5. The van der Waals surface area contributed by atoms with Crippen LogP contribution in [0.15, 0.2) is 30.5 Å². The molecular weight excluding hydrogens is 386 g/mol. The third-order valence-electron chi connectivity index (χ3n) is 3.96. The summed E-state index contributed by atoms with van der Waals surface area (Å²) >= 11 is 1.49. The molecule has 0 aliphatic rings. The predicted molar refractivity (Wildman–Crippen MR) is 111 cm³/mol. The van der Waals surface area contributed by atoms with Gasteiger partial charge in [-0.15, -0.1) is 12.4 Å². The maximum Gasteiger partial charge on any atom is 0.278 e. The monoisotopic (exact) mass is 409 g/mol. The lowest BCUT2D eigenvalue weighted by molar-refractivity contribution is 0.0976. The molecule has 9 heteroatoms. The Morgan fingerprint density at radius 1 is 1.26 bits per heavy atom. The molecule has 1 amide bonds. The minimum Gasteiger partial charge on any atom is -0.492 e. The van der Waals surface area contributed by atoms with E-state index in [1.54, 1.807) is 28.9 Å². The fraction of sp³-hybridized carbons (Fsp3) is 0.389. The highest BCUT2D eigenvalue weighted by Gasteiger charge is 2.24. The topological polar surface area (TPSA) is 63.5 Å². The Morgan fingerprint density at radius 3 is 2.67 bits per heavy atom. The van der Waals surface area contributed by atoms with Crippen molar-refractivity contribution in [3.05, 3.63) is 36.2 Å². The molecule has 0 aliphatic carbocycles. The number of carbonyl (C=O) groups is 1. The van der Waals surface area contributed by atoms with E-state index in [0.717, 1.165) is 22.5 Å². The van der Waals surface area contributed by atoms with Gasteiger partial charge < -0.3 is 9.64 Å². The van der Waals surface area contributed by atoms with Gasteiger partial charge in [0, 0.05) is 26.3 Å². The molecule has 3 aromatic rings. The molecule has 0 atom stereocenters. The first-order valence-electron chi connectivity index (χ1n) is 8.48. The van der Waals surface area contributed by atoms with Crippen molar-refractivity contribution in [3.8, 4) is 5.75 Å². The number of benzene rings is 1. The van der Waals surface area contributed by atoms with Crippen LogP contribution in [-0.4, -0.2) is 59.4 Å². The van der Waals surface area contributed by atoms with Crippen LogP contribution in [0.25, 0.3) is 10.2 Å². The Kier molecular flexibility index (Phi) is 7.18. The maximum atomic E-state index is 13.1. The number of halogens is 1. The van der Waals surface area contributed by atoms with E-state index in [9.17, 15) is 4.79 Å². The van der Waals surface area contributed by atoms with E-state index < -0.39 is 0 Å². The minimum atomic E-state index is -0.108. The Hall–Kier alpha value is -2.16. The summed E-state index contributed by atoms with van der Waals surface area (Å²) in [5.41, 5.74) is 1.33. The summed E-state index contributed by atoms with van der Waals surface area (Å²) < 4.78 is 8.27. The Bertz CT molecular complexity index is 908. The number of aromatic nitrogens is 3. The normalized spacial score (nSPS) is 10.9. The van der Waals surface area contributed by atoms with Crippen LogP contribution in [0.5, 0.6) is 5.75 Å². The van der Waals surface area contributed by atoms with Crippen LogP contribution in [0.1, 0.15) is 17.4 Å². The van der Waals surface area contributed by atoms with Gasteiger partial charge in [0.25, 0.3) is 5.91 Å². The lowest BCUT2D eigenvalue weighted by Gasteiger charge is -2.21. The zero-order valence-corrected chi connectivity index (χ0v) is 17.5. The number of likely N-dealkylation sites (N-methyl/N-ethyl adjacent to an activating group) is 1. The Balaban J connectivity index is 0.00000261. The maximum absolute atomic E-state index is 13.1. The second kappa shape index (κ2) is 9.16. The molecule has 0 bridgehead atoms. The standard InChI is InChI=1S/C18H23N5O2S.ClH/c1-5-25-14-7-6-8-15-16(14)20-18(26-15)23(12-11-21(2)3)17(24)13-9-10-19-22(13)4;/h6-10H,5,11-12H2,1-4H3;1H. The van der Waals surface area contributed by atoms with E-state index in [1.165, 1.54) is 11.3 Å². The smallest absolute Gasteiger partial charge is 0.278 e. The number of amides is 1. The Labute approximate surface area is 169 Å². The molecule has 0 saturated heterocycles. The highest BCUT2D eigenvalue weighted by Crippen LogP contribution is 2.34. The van der Waals surface area contributed by atoms with Crippen molar-refractivity contribution in [2.45, 2.75) is 6.92 Å². The van der Waals surface area contributed by atoms with Crippen molar-refractivity contribution in [2.24, 2.45) is 7.05 Å².